The molecule has 1 saturated carbocycles. The van der Waals surface area contributed by atoms with Gasteiger partial charge in [0.1, 0.15) is 0 Å². The number of rotatable bonds is 6. The zero-order valence-corrected chi connectivity index (χ0v) is 17.3. The Bertz CT molecular complexity index is 664. The first-order chi connectivity index (χ1) is 13.8. The molecule has 28 heavy (non-hydrogen) atoms. The van der Waals surface area contributed by atoms with Crippen LogP contribution < -0.4 is 10.6 Å². The van der Waals surface area contributed by atoms with E-state index in [0.29, 0.717) is 18.2 Å². The molecule has 1 heterocycles. The molecule has 0 radical (unpaired) electrons. The maximum atomic E-state index is 9.05. The van der Waals surface area contributed by atoms with Crippen LogP contribution in [0.5, 0.6) is 0 Å². The minimum atomic E-state index is 0.492. The number of likely N-dealkylation sites (tertiary alicyclic amines) is 1. The predicted octanol–water partition coefficient (Wildman–Crippen LogP) is 3.66. The van der Waals surface area contributed by atoms with E-state index < -0.39 is 0 Å². The molecule has 1 aromatic rings. The van der Waals surface area contributed by atoms with Gasteiger partial charge in [0.15, 0.2) is 5.96 Å². The Morgan fingerprint density at radius 3 is 2.68 bits per heavy atom. The number of benzene rings is 1. The number of piperidine rings is 1. The molecule has 2 fully saturated rings. The summed E-state index contributed by atoms with van der Waals surface area (Å²) in [6.45, 7) is 7.22. The Morgan fingerprint density at radius 2 is 1.96 bits per heavy atom. The maximum Gasteiger partial charge on any atom is 0.191 e. The Labute approximate surface area is 170 Å². The Hall–Kier alpha value is -2.06. The van der Waals surface area contributed by atoms with E-state index in [9.17, 15) is 0 Å². The van der Waals surface area contributed by atoms with Crippen molar-refractivity contribution in [2.45, 2.75) is 64.5 Å². The molecule has 152 valence electrons. The smallest absolute Gasteiger partial charge is 0.191 e. The molecule has 0 aromatic heterocycles. The summed E-state index contributed by atoms with van der Waals surface area (Å²) in [5, 5.41) is 16.0. The number of hydrogen-bond acceptors (Lipinski definition) is 3. The standard InChI is InChI=1S/C23H35N5/c1-2-25-23(26-17-21-10-6-9-20(15-21)16-24)27-22-11-13-28(14-12-22)18-19-7-4-3-5-8-19/h6,9-10,15,19,22H,2-5,7-8,11-14,17-18H2,1H3,(H2,25,26,27). The Morgan fingerprint density at radius 1 is 1.18 bits per heavy atom. The SMILES string of the molecule is CCNC(=NCc1cccc(C#N)c1)NC1CCN(CC2CCCCC2)CC1. The summed E-state index contributed by atoms with van der Waals surface area (Å²) in [4.78, 5) is 7.41. The van der Waals surface area contributed by atoms with E-state index in [-0.39, 0.29) is 0 Å². The van der Waals surface area contributed by atoms with E-state index in [4.69, 9.17) is 10.3 Å². The van der Waals surface area contributed by atoms with Gasteiger partial charge in [0.25, 0.3) is 0 Å². The van der Waals surface area contributed by atoms with Crippen LogP contribution >= 0.6 is 0 Å². The molecule has 2 aliphatic rings. The van der Waals surface area contributed by atoms with Gasteiger partial charge < -0.3 is 15.5 Å². The molecule has 0 unspecified atom stereocenters. The second-order valence-electron chi connectivity index (χ2n) is 8.23. The lowest BCUT2D eigenvalue weighted by Gasteiger charge is -2.36. The lowest BCUT2D eigenvalue weighted by atomic mass is 9.88. The minimum Gasteiger partial charge on any atom is -0.357 e. The van der Waals surface area contributed by atoms with Crippen LogP contribution in [-0.4, -0.2) is 43.1 Å². The fourth-order valence-corrected chi connectivity index (χ4v) is 4.42. The Kier molecular flexibility index (Phi) is 8.17. The first-order valence-corrected chi connectivity index (χ1v) is 11.0. The van der Waals surface area contributed by atoms with E-state index in [1.807, 2.05) is 24.3 Å². The second kappa shape index (κ2) is 11.1. The Balaban J connectivity index is 1.47. The van der Waals surface area contributed by atoms with Crippen molar-refractivity contribution in [2.75, 3.05) is 26.2 Å². The van der Waals surface area contributed by atoms with Gasteiger partial charge in [0, 0.05) is 32.2 Å². The van der Waals surface area contributed by atoms with E-state index in [1.54, 1.807) is 0 Å². The van der Waals surface area contributed by atoms with Crippen molar-refractivity contribution in [2.24, 2.45) is 10.9 Å². The molecule has 1 saturated heterocycles. The number of hydrogen-bond donors (Lipinski definition) is 2. The van der Waals surface area contributed by atoms with E-state index in [1.165, 1.54) is 64.6 Å². The van der Waals surface area contributed by atoms with Crippen LogP contribution in [0.3, 0.4) is 0 Å². The molecule has 3 rings (SSSR count). The third kappa shape index (κ3) is 6.53. The van der Waals surface area contributed by atoms with Crippen molar-refractivity contribution in [1.29, 1.82) is 5.26 Å². The number of aliphatic imine (C=N–C) groups is 1. The van der Waals surface area contributed by atoms with Gasteiger partial charge in [-0.25, -0.2) is 4.99 Å². The van der Waals surface area contributed by atoms with Gasteiger partial charge >= 0.3 is 0 Å². The van der Waals surface area contributed by atoms with E-state index >= 15 is 0 Å². The van der Waals surface area contributed by atoms with Gasteiger partial charge in [-0.3, -0.25) is 0 Å². The quantitative estimate of drug-likeness (QED) is 0.583. The van der Waals surface area contributed by atoms with Crippen LogP contribution in [0.2, 0.25) is 0 Å². The zero-order chi connectivity index (χ0) is 19.6. The number of nitrogens with one attached hydrogen (secondary N) is 2. The van der Waals surface area contributed by atoms with Crippen molar-refractivity contribution >= 4 is 5.96 Å². The summed E-state index contributed by atoms with van der Waals surface area (Å²) in [5.41, 5.74) is 1.76. The number of nitriles is 1. The normalized spacial score (nSPS) is 19.9. The molecule has 0 bridgehead atoms. The molecule has 1 aliphatic carbocycles. The molecular formula is C23H35N5. The highest BCUT2D eigenvalue weighted by molar-refractivity contribution is 5.80. The first-order valence-electron chi connectivity index (χ1n) is 11.0. The summed E-state index contributed by atoms with van der Waals surface area (Å²) in [6.07, 6.45) is 9.54. The predicted molar refractivity (Wildman–Crippen MR) is 115 cm³/mol. The maximum absolute atomic E-state index is 9.05. The van der Waals surface area contributed by atoms with Crippen LogP contribution in [0.25, 0.3) is 0 Å². The summed E-state index contributed by atoms with van der Waals surface area (Å²) in [6, 6.07) is 10.4. The van der Waals surface area contributed by atoms with Crippen molar-refractivity contribution in [3.63, 3.8) is 0 Å². The van der Waals surface area contributed by atoms with E-state index in [2.05, 4.69) is 28.5 Å². The van der Waals surface area contributed by atoms with Crippen LogP contribution in [0.4, 0.5) is 0 Å². The molecular weight excluding hydrogens is 346 g/mol. The van der Waals surface area contributed by atoms with Gasteiger partial charge in [-0.15, -0.1) is 0 Å². The van der Waals surface area contributed by atoms with Gasteiger partial charge in [-0.2, -0.15) is 5.26 Å². The molecule has 2 N–H and O–H groups in total. The molecule has 0 atom stereocenters. The van der Waals surface area contributed by atoms with Gasteiger partial charge in [0.05, 0.1) is 18.2 Å². The van der Waals surface area contributed by atoms with Crippen LogP contribution in [0.1, 0.15) is 63.0 Å². The average molecular weight is 382 g/mol. The van der Waals surface area contributed by atoms with Crippen molar-refractivity contribution < 1.29 is 0 Å². The largest absolute Gasteiger partial charge is 0.357 e. The highest BCUT2D eigenvalue weighted by Gasteiger charge is 2.23. The third-order valence-electron chi connectivity index (χ3n) is 5.99. The summed E-state index contributed by atoms with van der Waals surface area (Å²) in [5.74, 6) is 1.82. The molecule has 5 heteroatoms. The monoisotopic (exact) mass is 381 g/mol. The second-order valence-corrected chi connectivity index (χ2v) is 8.23. The topological polar surface area (TPSA) is 63.5 Å². The average Bonchev–Trinajstić information content (AvgIpc) is 2.74. The van der Waals surface area contributed by atoms with E-state index in [0.717, 1.165) is 24.0 Å². The highest BCUT2D eigenvalue weighted by Crippen LogP contribution is 2.25. The molecule has 1 aromatic carbocycles. The minimum absolute atomic E-state index is 0.492. The summed E-state index contributed by atoms with van der Waals surface area (Å²) in [7, 11) is 0. The van der Waals surface area contributed by atoms with Crippen LogP contribution in [0.15, 0.2) is 29.3 Å². The van der Waals surface area contributed by atoms with Crippen LogP contribution in [0, 0.1) is 17.2 Å². The van der Waals surface area contributed by atoms with Gasteiger partial charge in [-0.05, 0) is 56.2 Å². The fraction of sp³-hybridized carbons (Fsp3) is 0.652. The lowest BCUT2D eigenvalue weighted by molar-refractivity contribution is 0.160. The third-order valence-corrected chi connectivity index (χ3v) is 5.99. The first kappa shape index (κ1) is 20.7. The van der Waals surface area contributed by atoms with Crippen molar-refractivity contribution in [3.05, 3.63) is 35.4 Å². The molecule has 0 amide bonds. The molecule has 1 aliphatic heterocycles. The zero-order valence-electron chi connectivity index (χ0n) is 17.3. The van der Waals surface area contributed by atoms with Crippen molar-refractivity contribution in [1.82, 2.24) is 15.5 Å². The lowest BCUT2D eigenvalue weighted by Crippen LogP contribution is -2.49. The van der Waals surface area contributed by atoms with Crippen molar-refractivity contribution in [3.8, 4) is 6.07 Å². The number of guanidine groups is 1. The van der Waals surface area contributed by atoms with Gasteiger partial charge in [0.2, 0.25) is 0 Å². The molecule has 5 nitrogen and oxygen atoms in total. The fourth-order valence-electron chi connectivity index (χ4n) is 4.42. The summed E-state index contributed by atoms with van der Waals surface area (Å²) < 4.78 is 0. The van der Waals surface area contributed by atoms with Crippen LogP contribution in [-0.2, 0) is 6.54 Å². The van der Waals surface area contributed by atoms with Gasteiger partial charge in [-0.1, -0.05) is 31.4 Å². The highest BCUT2D eigenvalue weighted by atomic mass is 15.2. The summed E-state index contributed by atoms with van der Waals surface area (Å²) >= 11 is 0. The molecule has 0 spiro atoms. The number of nitrogens with zero attached hydrogens (tertiary/aromatic N) is 3.